The number of carbonyl (C=O) groups excluding carboxylic acids is 2. The van der Waals surface area contributed by atoms with E-state index in [4.69, 9.17) is 16.3 Å². The SMILES string of the molecule is Cc1cc(OCc2c(S(C)(=O)=O)ccc(C(O)=C3C(=O)CCCC3=O)c2Cl)n[nH]1. The molecule has 0 spiro atoms. The molecule has 1 heterocycles. The lowest BCUT2D eigenvalue weighted by atomic mass is 9.89. The normalized spacial score (nSPS) is 14.9. The van der Waals surface area contributed by atoms with Crippen molar-refractivity contribution in [1.29, 1.82) is 0 Å². The molecule has 0 saturated heterocycles. The fourth-order valence-electron chi connectivity index (χ4n) is 3.10. The molecule has 154 valence electrons. The Labute approximate surface area is 172 Å². The average Bonchev–Trinajstić information content (AvgIpc) is 3.04. The predicted octanol–water partition coefficient (Wildman–Crippen LogP) is 2.95. The Hall–Kier alpha value is -2.65. The van der Waals surface area contributed by atoms with E-state index in [2.05, 4.69) is 10.2 Å². The van der Waals surface area contributed by atoms with Gasteiger partial charge >= 0.3 is 0 Å². The third-order valence-corrected chi connectivity index (χ3v) is 6.12. The number of Topliss-reactive ketones (excluding diaryl/α,β-unsaturated/α-hetero) is 2. The number of carbonyl (C=O) groups is 2. The van der Waals surface area contributed by atoms with E-state index >= 15 is 0 Å². The molecule has 1 aromatic carbocycles. The summed E-state index contributed by atoms with van der Waals surface area (Å²) >= 11 is 6.41. The quantitative estimate of drug-likeness (QED) is 0.417. The smallest absolute Gasteiger partial charge is 0.233 e. The Morgan fingerprint density at radius 3 is 2.48 bits per heavy atom. The zero-order valence-electron chi connectivity index (χ0n) is 15.8. The van der Waals surface area contributed by atoms with Gasteiger partial charge in [-0.3, -0.25) is 14.7 Å². The number of aliphatic hydroxyl groups excluding tert-OH is 1. The molecule has 1 aliphatic carbocycles. The number of H-pyrrole nitrogens is 1. The first-order valence-electron chi connectivity index (χ1n) is 8.76. The molecule has 0 bridgehead atoms. The topological polar surface area (TPSA) is 126 Å². The number of aromatic amines is 1. The molecule has 0 amide bonds. The van der Waals surface area contributed by atoms with Crippen molar-refractivity contribution in [1.82, 2.24) is 10.2 Å². The minimum atomic E-state index is -3.67. The second-order valence-corrected chi connectivity index (χ2v) is 9.14. The molecule has 10 heteroatoms. The second-order valence-electron chi connectivity index (χ2n) is 6.78. The summed E-state index contributed by atoms with van der Waals surface area (Å²) in [5.41, 5.74) is 0.532. The first-order valence-corrected chi connectivity index (χ1v) is 11.0. The minimum Gasteiger partial charge on any atom is -0.506 e. The largest absolute Gasteiger partial charge is 0.506 e. The second kappa shape index (κ2) is 8.00. The van der Waals surface area contributed by atoms with Crippen molar-refractivity contribution in [3.05, 3.63) is 45.6 Å². The summed E-state index contributed by atoms with van der Waals surface area (Å²) in [6, 6.07) is 4.16. The first-order chi connectivity index (χ1) is 13.6. The van der Waals surface area contributed by atoms with Gasteiger partial charge in [0.25, 0.3) is 0 Å². The molecule has 1 aromatic heterocycles. The van der Waals surface area contributed by atoms with Crippen LogP contribution in [0, 0.1) is 6.92 Å². The van der Waals surface area contributed by atoms with E-state index in [-0.39, 0.29) is 51.9 Å². The Morgan fingerprint density at radius 1 is 1.28 bits per heavy atom. The highest BCUT2D eigenvalue weighted by atomic mass is 35.5. The van der Waals surface area contributed by atoms with Crippen LogP contribution in [-0.2, 0) is 26.0 Å². The fraction of sp³-hybridized carbons (Fsp3) is 0.316. The third-order valence-electron chi connectivity index (χ3n) is 4.50. The van der Waals surface area contributed by atoms with E-state index < -0.39 is 27.2 Å². The Kier molecular flexibility index (Phi) is 5.81. The number of hydrogen-bond donors (Lipinski definition) is 2. The molecule has 3 rings (SSSR count). The summed E-state index contributed by atoms with van der Waals surface area (Å²) in [6.07, 6.45) is 1.75. The number of ketones is 2. The summed E-state index contributed by atoms with van der Waals surface area (Å²) in [5.74, 6) is -1.25. The fourth-order valence-corrected chi connectivity index (χ4v) is 4.38. The molecule has 0 aliphatic heterocycles. The number of aliphatic hydroxyl groups is 1. The maximum absolute atomic E-state index is 12.2. The Balaban J connectivity index is 2.10. The maximum Gasteiger partial charge on any atom is 0.233 e. The number of aromatic nitrogens is 2. The molecule has 0 atom stereocenters. The van der Waals surface area contributed by atoms with Gasteiger partial charge in [-0.1, -0.05) is 11.6 Å². The zero-order chi connectivity index (χ0) is 21.3. The van der Waals surface area contributed by atoms with E-state index in [0.717, 1.165) is 11.9 Å². The lowest BCUT2D eigenvalue weighted by molar-refractivity contribution is -0.123. The van der Waals surface area contributed by atoms with Crippen LogP contribution in [-0.4, -0.2) is 41.5 Å². The van der Waals surface area contributed by atoms with Crippen LogP contribution in [0.5, 0.6) is 5.88 Å². The van der Waals surface area contributed by atoms with Crippen molar-refractivity contribution in [2.24, 2.45) is 0 Å². The van der Waals surface area contributed by atoms with Gasteiger partial charge in [-0.15, -0.1) is 5.10 Å². The van der Waals surface area contributed by atoms with E-state index in [9.17, 15) is 23.1 Å². The molecule has 2 N–H and O–H groups in total. The van der Waals surface area contributed by atoms with Crippen LogP contribution >= 0.6 is 11.6 Å². The molecular formula is C19H19ClN2O6S. The number of aryl methyl sites for hydroxylation is 1. The molecule has 8 nitrogen and oxygen atoms in total. The zero-order valence-corrected chi connectivity index (χ0v) is 17.4. The standard InChI is InChI=1S/C19H19ClN2O6S/c1-10-8-16(22-21-10)28-9-12-15(29(2,26)27)7-6-11(18(12)20)19(25)17-13(23)4-3-5-14(17)24/h6-8,25H,3-5,9H2,1-2H3,(H,21,22). The van der Waals surface area contributed by atoms with Crippen molar-refractivity contribution in [3.8, 4) is 5.88 Å². The van der Waals surface area contributed by atoms with Gasteiger partial charge in [0.15, 0.2) is 21.4 Å². The van der Waals surface area contributed by atoms with Crippen molar-refractivity contribution in [3.63, 3.8) is 0 Å². The highest BCUT2D eigenvalue weighted by molar-refractivity contribution is 7.90. The minimum absolute atomic E-state index is 0.00512. The van der Waals surface area contributed by atoms with Gasteiger partial charge < -0.3 is 9.84 Å². The number of nitrogens with one attached hydrogen (secondary N) is 1. The Bertz CT molecular complexity index is 1120. The number of ether oxygens (including phenoxy) is 1. The van der Waals surface area contributed by atoms with Gasteiger partial charge in [0.05, 0.1) is 9.92 Å². The van der Waals surface area contributed by atoms with Gasteiger partial charge in [-0.05, 0) is 25.5 Å². The van der Waals surface area contributed by atoms with Crippen molar-refractivity contribution >= 4 is 38.8 Å². The predicted molar refractivity (Wildman–Crippen MR) is 106 cm³/mol. The number of nitrogens with zero attached hydrogens (tertiary/aromatic N) is 1. The number of allylic oxidation sites excluding steroid dienone is 1. The molecule has 1 aliphatic rings. The van der Waals surface area contributed by atoms with Gasteiger partial charge in [0.1, 0.15) is 17.9 Å². The molecule has 1 fully saturated rings. The molecule has 2 aromatic rings. The van der Waals surface area contributed by atoms with Crippen molar-refractivity contribution < 1.29 is 27.9 Å². The monoisotopic (exact) mass is 438 g/mol. The average molecular weight is 439 g/mol. The molecular weight excluding hydrogens is 420 g/mol. The van der Waals surface area contributed by atoms with Gasteiger partial charge in [0, 0.05) is 42.0 Å². The van der Waals surface area contributed by atoms with Crippen LogP contribution in [0.3, 0.4) is 0 Å². The van der Waals surface area contributed by atoms with Crippen LogP contribution in [0.1, 0.15) is 36.1 Å². The first kappa shape index (κ1) is 21.1. The van der Waals surface area contributed by atoms with Crippen LogP contribution in [0.2, 0.25) is 5.02 Å². The summed E-state index contributed by atoms with van der Waals surface area (Å²) in [5, 5.41) is 17.1. The number of halogens is 1. The highest BCUT2D eigenvalue weighted by Gasteiger charge is 2.30. The van der Waals surface area contributed by atoms with E-state index in [0.29, 0.717) is 6.42 Å². The number of hydrogen-bond acceptors (Lipinski definition) is 7. The molecule has 29 heavy (non-hydrogen) atoms. The van der Waals surface area contributed by atoms with Gasteiger partial charge in [-0.25, -0.2) is 8.42 Å². The van der Waals surface area contributed by atoms with E-state index in [1.807, 2.05) is 0 Å². The lowest BCUT2D eigenvalue weighted by Crippen LogP contribution is -2.20. The summed E-state index contributed by atoms with van der Waals surface area (Å²) < 4.78 is 29.9. The lowest BCUT2D eigenvalue weighted by Gasteiger charge is -2.17. The summed E-state index contributed by atoms with van der Waals surface area (Å²) in [4.78, 5) is 24.2. The van der Waals surface area contributed by atoms with Gasteiger partial charge in [-0.2, -0.15) is 0 Å². The summed E-state index contributed by atoms with van der Waals surface area (Å²) in [7, 11) is -3.67. The number of sulfone groups is 1. The van der Waals surface area contributed by atoms with Gasteiger partial charge in [0.2, 0.25) is 5.88 Å². The maximum atomic E-state index is 12.2. The van der Waals surface area contributed by atoms with Crippen LogP contribution in [0.4, 0.5) is 0 Å². The molecule has 1 saturated carbocycles. The van der Waals surface area contributed by atoms with E-state index in [1.54, 1.807) is 13.0 Å². The van der Waals surface area contributed by atoms with Crippen molar-refractivity contribution in [2.75, 3.05) is 6.26 Å². The third kappa shape index (κ3) is 4.35. The van der Waals surface area contributed by atoms with Crippen LogP contribution in [0.25, 0.3) is 5.76 Å². The summed E-state index contributed by atoms with van der Waals surface area (Å²) in [6.45, 7) is 1.53. The number of rotatable bonds is 5. The Morgan fingerprint density at radius 2 is 1.93 bits per heavy atom. The van der Waals surface area contributed by atoms with E-state index in [1.165, 1.54) is 12.1 Å². The van der Waals surface area contributed by atoms with Crippen molar-refractivity contribution in [2.45, 2.75) is 37.7 Å². The molecule has 0 unspecified atom stereocenters. The van der Waals surface area contributed by atoms with Crippen LogP contribution < -0.4 is 4.74 Å². The number of benzene rings is 1. The highest BCUT2D eigenvalue weighted by Crippen LogP contribution is 2.34. The molecule has 0 radical (unpaired) electrons. The van der Waals surface area contributed by atoms with Crippen LogP contribution in [0.15, 0.2) is 28.7 Å².